The second-order valence-electron chi connectivity index (χ2n) is 5.77. The predicted octanol–water partition coefficient (Wildman–Crippen LogP) is 3.85. The minimum atomic E-state index is -0.214. The highest BCUT2D eigenvalue weighted by Gasteiger charge is 2.30. The molecule has 0 aromatic rings. The number of esters is 1. The zero-order chi connectivity index (χ0) is 12.3. The maximum atomic E-state index is 11.4. The average molecular weight is 236 g/mol. The summed E-state index contributed by atoms with van der Waals surface area (Å²) in [5.41, 5.74) is 0.517. The van der Waals surface area contributed by atoms with Gasteiger partial charge < -0.3 is 4.74 Å². The van der Waals surface area contributed by atoms with Crippen LogP contribution in [0.25, 0.3) is 0 Å². The molecule has 0 aromatic carbocycles. The van der Waals surface area contributed by atoms with Crippen molar-refractivity contribution in [2.24, 2.45) is 11.8 Å². The Morgan fingerprint density at radius 2 is 1.53 bits per heavy atom. The standard InChI is InChI=1S/C15H24O2/c1-11(2)15(16)17-14-9-7-13(8-10-14)12-5-3-4-6-12/h12-14H,1,3-10H2,2H3. The van der Waals surface area contributed by atoms with Crippen LogP contribution in [-0.2, 0) is 9.53 Å². The summed E-state index contributed by atoms with van der Waals surface area (Å²) >= 11 is 0. The molecule has 0 heterocycles. The lowest BCUT2D eigenvalue weighted by atomic mass is 9.78. The van der Waals surface area contributed by atoms with E-state index in [0.717, 1.165) is 24.7 Å². The van der Waals surface area contributed by atoms with Crippen LogP contribution in [0.2, 0.25) is 0 Å². The van der Waals surface area contributed by atoms with Gasteiger partial charge in [0, 0.05) is 5.57 Å². The minimum absolute atomic E-state index is 0.150. The first kappa shape index (κ1) is 12.7. The van der Waals surface area contributed by atoms with E-state index in [-0.39, 0.29) is 12.1 Å². The van der Waals surface area contributed by atoms with Gasteiger partial charge in [-0.05, 0) is 44.4 Å². The molecule has 0 unspecified atom stereocenters. The lowest BCUT2D eigenvalue weighted by Crippen LogP contribution is -2.27. The summed E-state index contributed by atoms with van der Waals surface area (Å²) in [4.78, 5) is 11.4. The summed E-state index contributed by atoms with van der Waals surface area (Å²) in [6, 6.07) is 0. The molecular weight excluding hydrogens is 212 g/mol. The van der Waals surface area contributed by atoms with E-state index < -0.39 is 0 Å². The Morgan fingerprint density at radius 1 is 1.00 bits per heavy atom. The minimum Gasteiger partial charge on any atom is -0.459 e. The maximum Gasteiger partial charge on any atom is 0.333 e. The van der Waals surface area contributed by atoms with Gasteiger partial charge in [-0.2, -0.15) is 0 Å². The molecule has 0 atom stereocenters. The van der Waals surface area contributed by atoms with E-state index in [1.807, 2.05) is 0 Å². The van der Waals surface area contributed by atoms with Crippen molar-refractivity contribution >= 4 is 5.97 Å². The molecule has 2 aliphatic carbocycles. The first-order chi connectivity index (χ1) is 8.16. The third kappa shape index (κ3) is 3.34. The summed E-state index contributed by atoms with van der Waals surface area (Å²) in [5.74, 6) is 1.65. The van der Waals surface area contributed by atoms with E-state index in [4.69, 9.17) is 4.74 Å². The van der Waals surface area contributed by atoms with Gasteiger partial charge in [0.05, 0.1) is 0 Å². The molecule has 2 saturated carbocycles. The van der Waals surface area contributed by atoms with Crippen LogP contribution in [-0.4, -0.2) is 12.1 Å². The lowest BCUT2D eigenvalue weighted by Gasteiger charge is -2.31. The van der Waals surface area contributed by atoms with Crippen LogP contribution in [0.4, 0.5) is 0 Å². The van der Waals surface area contributed by atoms with Crippen molar-refractivity contribution in [1.82, 2.24) is 0 Å². The molecule has 0 amide bonds. The van der Waals surface area contributed by atoms with Gasteiger partial charge in [-0.15, -0.1) is 0 Å². The van der Waals surface area contributed by atoms with Crippen molar-refractivity contribution in [2.75, 3.05) is 0 Å². The van der Waals surface area contributed by atoms with Gasteiger partial charge in [-0.3, -0.25) is 0 Å². The van der Waals surface area contributed by atoms with E-state index in [1.165, 1.54) is 38.5 Å². The molecule has 17 heavy (non-hydrogen) atoms. The van der Waals surface area contributed by atoms with Crippen LogP contribution < -0.4 is 0 Å². The van der Waals surface area contributed by atoms with Crippen LogP contribution in [0.15, 0.2) is 12.2 Å². The molecule has 0 bridgehead atoms. The molecule has 0 spiro atoms. The SMILES string of the molecule is C=C(C)C(=O)OC1CCC(C2CCCC2)CC1. The van der Waals surface area contributed by atoms with Gasteiger partial charge in [-0.1, -0.05) is 32.3 Å². The molecule has 2 nitrogen and oxygen atoms in total. The van der Waals surface area contributed by atoms with Crippen molar-refractivity contribution < 1.29 is 9.53 Å². The molecule has 0 saturated heterocycles. The molecule has 2 rings (SSSR count). The molecule has 0 N–H and O–H groups in total. The molecule has 2 heteroatoms. The fourth-order valence-electron chi connectivity index (χ4n) is 3.36. The number of carbonyl (C=O) groups is 1. The largest absolute Gasteiger partial charge is 0.459 e. The Balaban J connectivity index is 1.74. The lowest BCUT2D eigenvalue weighted by molar-refractivity contribution is -0.146. The van der Waals surface area contributed by atoms with Crippen LogP contribution in [0, 0.1) is 11.8 Å². The second-order valence-corrected chi connectivity index (χ2v) is 5.77. The fraction of sp³-hybridized carbons (Fsp3) is 0.800. The van der Waals surface area contributed by atoms with E-state index in [9.17, 15) is 4.79 Å². The van der Waals surface area contributed by atoms with Crippen molar-refractivity contribution in [3.8, 4) is 0 Å². The van der Waals surface area contributed by atoms with Crippen LogP contribution in [0.1, 0.15) is 58.3 Å². The van der Waals surface area contributed by atoms with Gasteiger partial charge in [0.2, 0.25) is 0 Å². The van der Waals surface area contributed by atoms with Gasteiger partial charge in [0.25, 0.3) is 0 Å². The Kier molecular flexibility index (Phi) is 4.25. The molecular formula is C15H24O2. The van der Waals surface area contributed by atoms with Crippen molar-refractivity contribution in [3.63, 3.8) is 0 Å². The fourth-order valence-corrected chi connectivity index (χ4v) is 3.36. The highest BCUT2D eigenvalue weighted by molar-refractivity contribution is 5.87. The summed E-state index contributed by atoms with van der Waals surface area (Å²) in [7, 11) is 0. The van der Waals surface area contributed by atoms with Gasteiger partial charge >= 0.3 is 5.97 Å². The Morgan fingerprint density at radius 3 is 2.06 bits per heavy atom. The molecule has 96 valence electrons. The zero-order valence-electron chi connectivity index (χ0n) is 10.9. The zero-order valence-corrected chi connectivity index (χ0v) is 10.9. The number of hydrogen-bond acceptors (Lipinski definition) is 2. The monoisotopic (exact) mass is 236 g/mol. The highest BCUT2D eigenvalue weighted by Crippen LogP contribution is 2.39. The Hall–Kier alpha value is -0.790. The van der Waals surface area contributed by atoms with Crippen molar-refractivity contribution in [1.29, 1.82) is 0 Å². The first-order valence-corrected chi connectivity index (χ1v) is 7.03. The number of ether oxygens (including phenoxy) is 1. The molecule has 2 aliphatic rings. The van der Waals surface area contributed by atoms with Crippen molar-refractivity contribution in [3.05, 3.63) is 12.2 Å². The van der Waals surface area contributed by atoms with Crippen LogP contribution >= 0.6 is 0 Å². The second kappa shape index (κ2) is 5.70. The van der Waals surface area contributed by atoms with E-state index in [2.05, 4.69) is 6.58 Å². The smallest absolute Gasteiger partial charge is 0.333 e. The van der Waals surface area contributed by atoms with Gasteiger partial charge in [0.15, 0.2) is 0 Å². The van der Waals surface area contributed by atoms with E-state index >= 15 is 0 Å². The predicted molar refractivity (Wildman–Crippen MR) is 68.6 cm³/mol. The summed E-state index contributed by atoms with van der Waals surface area (Å²) in [6.45, 7) is 5.34. The summed E-state index contributed by atoms with van der Waals surface area (Å²) in [6.07, 6.45) is 10.5. The third-order valence-electron chi connectivity index (χ3n) is 4.41. The number of hydrogen-bond donors (Lipinski definition) is 0. The summed E-state index contributed by atoms with van der Waals surface area (Å²) < 4.78 is 5.43. The summed E-state index contributed by atoms with van der Waals surface area (Å²) in [5, 5.41) is 0. The van der Waals surface area contributed by atoms with Crippen LogP contribution in [0.5, 0.6) is 0 Å². The molecule has 2 fully saturated rings. The van der Waals surface area contributed by atoms with Gasteiger partial charge in [-0.25, -0.2) is 4.79 Å². The quantitative estimate of drug-likeness (QED) is 0.549. The number of rotatable bonds is 3. The highest BCUT2D eigenvalue weighted by atomic mass is 16.5. The molecule has 0 radical (unpaired) electrons. The van der Waals surface area contributed by atoms with E-state index in [1.54, 1.807) is 6.92 Å². The topological polar surface area (TPSA) is 26.3 Å². The number of carbonyl (C=O) groups excluding carboxylic acids is 1. The Bertz CT molecular complexity index is 281. The Labute approximate surface area is 104 Å². The van der Waals surface area contributed by atoms with Gasteiger partial charge in [0.1, 0.15) is 6.10 Å². The average Bonchev–Trinajstić information content (AvgIpc) is 2.83. The maximum absolute atomic E-state index is 11.4. The van der Waals surface area contributed by atoms with Crippen molar-refractivity contribution in [2.45, 2.75) is 64.4 Å². The third-order valence-corrected chi connectivity index (χ3v) is 4.41. The normalized spacial score (nSPS) is 30.2. The molecule has 0 aromatic heterocycles. The first-order valence-electron chi connectivity index (χ1n) is 7.03. The van der Waals surface area contributed by atoms with Crippen LogP contribution in [0.3, 0.4) is 0 Å². The van der Waals surface area contributed by atoms with E-state index in [0.29, 0.717) is 5.57 Å². The molecule has 0 aliphatic heterocycles.